The summed E-state index contributed by atoms with van der Waals surface area (Å²) in [4.78, 5) is 37.4. The van der Waals surface area contributed by atoms with Crippen LogP contribution in [0.3, 0.4) is 0 Å². The zero-order valence-corrected chi connectivity index (χ0v) is 68.2. The van der Waals surface area contributed by atoms with Crippen LogP contribution in [0.1, 0.15) is 113 Å². The van der Waals surface area contributed by atoms with Crippen molar-refractivity contribution in [2.45, 2.75) is 75.3 Å². The van der Waals surface area contributed by atoms with E-state index < -0.39 is 0 Å². The molecule has 12 aromatic carbocycles. The Morgan fingerprint density at radius 2 is 0.573 bits per heavy atom. The number of ether oxygens (including phenoxy) is 2. The molecule has 4 aliphatic rings. The maximum Gasteiger partial charge on any atom is 0.223 e. The quantitative estimate of drug-likeness (QED) is 0.0392. The van der Waals surface area contributed by atoms with Crippen molar-refractivity contribution in [3.8, 4) is 68.0 Å². The van der Waals surface area contributed by atoms with Crippen LogP contribution < -0.4 is 30.7 Å². The minimum atomic E-state index is -0.223. The van der Waals surface area contributed by atoms with E-state index >= 15 is 0 Å². The van der Waals surface area contributed by atoms with Crippen molar-refractivity contribution in [3.63, 3.8) is 0 Å². The van der Waals surface area contributed by atoms with Gasteiger partial charge in [0.25, 0.3) is 0 Å². The number of aromatic nitrogens is 8. The molecule has 16 nitrogen and oxygen atoms in total. The first-order chi connectivity index (χ1) is 60.8. The van der Waals surface area contributed by atoms with Crippen molar-refractivity contribution in [1.29, 1.82) is 0 Å². The largest absolute Gasteiger partial charge is 0.508 e. The first kappa shape index (κ1) is 81.4. The molecule has 6 N–H and O–H groups in total. The number of hydrogen-bond acceptors (Lipinski definition) is 16. The summed E-state index contributed by atoms with van der Waals surface area (Å²) in [6.45, 7) is 2.62. The van der Waals surface area contributed by atoms with Crippen LogP contribution in [0.5, 0.6) is 23.0 Å². The summed E-state index contributed by atoms with van der Waals surface area (Å²) < 4.78 is 66.4. The van der Waals surface area contributed by atoms with Gasteiger partial charge in [0.05, 0.1) is 37.0 Å². The number of hydrogen-bond donors (Lipinski definition) is 6. The van der Waals surface area contributed by atoms with Crippen LogP contribution in [0.25, 0.3) is 45.0 Å². The van der Waals surface area contributed by atoms with Gasteiger partial charge in [-0.05, 0) is 212 Å². The van der Waals surface area contributed by atoms with E-state index in [-0.39, 0.29) is 58.4 Å². The smallest absolute Gasteiger partial charge is 0.223 e. The molecular formula is C104H88F4N12O4. The van der Waals surface area contributed by atoms with E-state index in [4.69, 9.17) is 29.4 Å². The number of phenolic OH excluding ortho intramolecular Hbond substituents is 2. The zero-order valence-electron chi connectivity index (χ0n) is 68.2. The predicted octanol–water partition coefficient (Wildman–Crippen LogP) is 21.8. The highest BCUT2D eigenvalue weighted by molar-refractivity contribution is 5.76. The maximum absolute atomic E-state index is 14.6. The average molecular weight is 1650 g/mol. The van der Waals surface area contributed by atoms with Crippen LogP contribution in [0.4, 0.5) is 41.4 Å². The normalized spacial score (nSPS) is 14.5. The predicted molar refractivity (Wildman–Crippen MR) is 479 cm³/mol. The van der Waals surface area contributed by atoms with Crippen LogP contribution >= 0.6 is 0 Å². The van der Waals surface area contributed by atoms with E-state index in [9.17, 15) is 27.8 Å². The Kier molecular flexibility index (Phi) is 24.8. The van der Waals surface area contributed by atoms with Gasteiger partial charge in [-0.2, -0.15) is 0 Å². The lowest BCUT2D eigenvalue weighted by Crippen LogP contribution is -2.16. The fourth-order valence-corrected chi connectivity index (χ4v) is 16.8. The lowest BCUT2D eigenvalue weighted by molar-refractivity contribution is 0.414. The Morgan fingerprint density at radius 3 is 0.887 bits per heavy atom. The Balaban J connectivity index is 0.000000117. The second kappa shape index (κ2) is 37.8. The van der Waals surface area contributed by atoms with Gasteiger partial charge >= 0.3 is 0 Å². The number of anilines is 4. The van der Waals surface area contributed by atoms with Crippen molar-refractivity contribution in [2.24, 2.45) is 0 Å². The molecule has 16 aromatic rings. The summed E-state index contributed by atoms with van der Waals surface area (Å²) in [7, 11) is 3.31. The number of halogens is 4. The molecule has 0 saturated heterocycles. The molecule has 0 fully saturated rings. The van der Waals surface area contributed by atoms with Crippen molar-refractivity contribution in [2.75, 3.05) is 48.6 Å². The van der Waals surface area contributed by atoms with Crippen LogP contribution in [0, 0.1) is 23.3 Å². The minimum absolute atomic E-state index is 0.0494. The molecule has 616 valence electrons. The highest BCUT2D eigenvalue weighted by atomic mass is 19.1. The maximum atomic E-state index is 14.6. The van der Waals surface area contributed by atoms with Gasteiger partial charge in [0.15, 0.2) is 0 Å². The van der Waals surface area contributed by atoms with E-state index in [1.54, 1.807) is 50.6 Å². The van der Waals surface area contributed by atoms with Gasteiger partial charge in [-0.3, -0.25) is 0 Å². The van der Waals surface area contributed by atoms with Gasteiger partial charge in [0.2, 0.25) is 23.8 Å². The number of nitrogens with one attached hydrogen (secondary N) is 4. The molecule has 0 saturated carbocycles. The number of benzene rings is 12. The molecule has 4 aliphatic carbocycles. The summed E-state index contributed by atoms with van der Waals surface area (Å²) in [6, 6.07) is 90.6. The fraction of sp³-hybridized carbons (Fsp3) is 0.154. The molecule has 0 aliphatic heterocycles. The van der Waals surface area contributed by atoms with Crippen molar-refractivity contribution < 1.29 is 37.2 Å². The lowest BCUT2D eigenvalue weighted by atomic mass is 9.78. The second-order valence-corrected chi connectivity index (χ2v) is 30.9. The van der Waals surface area contributed by atoms with E-state index in [1.165, 1.54) is 47.5 Å². The van der Waals surface area contributed by atoms with Gasteiger partial charge in [-0.1, -0.05) is 206 Å². The van der Waals surface area contributed by atoms with Gasteiger partial charge in [0, 0.05) is 96.9 Å². The van der Waals surface area contributed by atoms with E-state index in [2.05, 4.69) is 83.7 Å². The number of fused-ring (bicyclic) bond motifs is 12. The van der Waals surface area contributed by atoms with Crippen molar-refractivity contribution in [3.05, 3.63) is 428 Å². The number of rotatable bonds is 20. The molecule has 4 aromatic heterocycles. The molecule has 124 heavy (non-hydrogen) atoms. The van der Waals surface area contributed by atoms with Crippen LogP contribution in [-0.4, -0.2) is 77.4 Å². The fourth-order valence-electron chi connectivity index (χ4n) is 16.8. The number of nitrogens with zero attached hydrogens (tertiary/aromatic N) is 8. The second-order valence-electron chi connectivity index (χ2n) is 30.9. The molecule has 20 heteroatoms. The monoisotopic (exact) mass is 1640 g/mol. The summed E-state index contributed by atoms with van der Waals surface area (Å²) in [5.74, 6) is 3.97. The number of phenols is 2. The van der Waals surface area contributed by atoms with Crippen molar-refractivity contribution >= 4 is 23.8 Å². The average Bonchev–Trinajstić information content (AvgIpc) is 0.774. The third-order valence-electron chi connectivity index (χ3n) is 23.1. The molecule has 4 atom stereocenters. The number of methoxy groups -OCH3 is 2. The van der Waals surface area contributed by atoms with Gasteiger partial charge in [0.1, 0.15) is 46.3 Å². The highest BCUT2D eigenvalue weighted by Gasteiger charge is 2.33. The molecule has 0 amide bonds. The minimum Gasteiger partial charge on any atom is -0.508 e. The summed E-state index contributed by atoms with van der Waals surface area (Å²) in [5, 5.41) is 32.0. The van der Waals surface area contributed by atoms with Crippen LogP contribution in [0.2, 0.25) is 0 Å². The third-order valence-corrected chi connectivity index (χ3v) is 23.1. The Bertz CT molecular complexity index is 6410. The molecule has 0 radical (unpaired) electrons. The molecule has 0 spiro atoms. The third kappa shape index (κ3) is 18.8. The molecule has 20 rings (SSSR count). The summed E-state index contributed by atoms with van der Waals surface area (Å²) >= 11 is 0. The topological polar surface area (TPSA) is 210 Å². The first-order valence-corrected chi connectivity index (χ1v) is 41.4. The van der Waals surface area contributed by atoms with Gasteiger partial charge < -0.3 is 41.0 Å². The molecule has 4 unspecified atom stereocenters. The van der Waals surface area contributed by atoms with E-state index in [0.717, 1.165) is 149 Å². The summed E-state index contributed by atoms with van der Waals surface area (Å²) in [5.41, 5.74) is 25.0. The Hall–Kier alpha value is -14.9. The molecule has 4 heterocycles. The van der Waals surface area contributed by atoms with E-state index in [0.29, 0.717) is 73.9 Å². The zero-order chi connectivity index (χ0) is 84.8. The van der Waals surface area contributed by atoms with Gasteiger partial charge in [-0.25, -0.2) is 57.4 Å². The highest BCUT2D eigenvalue weighted by Crippen LogP contribution is 2.47. The molecule has 0 bridgehead atoms. The lowest BCUT2D eigenvalue weighted by Gasteiger charge is -2.27. The van der Waals surface area contributed by atoms with Crippen LogP contribution in [0.15, 0.2) is 316 Å². The first-order valence-electron chi connectivity index (χ1n) is 41.4. The standard InChI is InChI=1S/4C26H22FN3O/c1-31-19-12-10-17(11-13-19)15-28-26-29-16-18-14-23(21-7-4-5-9-24(21)27)20-6-2-3-8-22(20)25(18)30-26;1-31-21-12-6-17(7-13-21)15-28-26-29-16-19-14-24(18-8-10-20(27)11-9-18)22-4-2-3-5-23(22)25(19)30-26;27-24-8-4-3-6-21(24)23-15-18-16-29-26(28-14-13-17-9-11-19(31)12-10-17)30-25(18)22-7-2-1-5-20(22)23;27-20-9-7-18(8-10-20)24-15-19-16-29-26(28-14-13-17-5-11-21(31)12-6-17)30-25(19)23-4-2-1-3-22(23)24/h2-13,16,23H,14-15H2,1H3,(H,28,29,30);2-13,16,24H,14-15H2,1H3,(H,28,29,30);1-12,16,23,31H,13-15H2,(H,28,29,30);1-12,16,24,31H,13-15H2,(H,28,29,30). The Labute approximate surface area is 717 Å². The van der Waals surface area contributed by atoms with Gasteiger partial charge in [-0.15, -0.1) is 0 Å². The molecular weight excluding hydrogens is 1560 g/mol. The summed E-state index contributed by atoms with van der Waals surface area (Å²) in [6.07, 6.45) is 12.0. The van der Waals surface area contributed by atoms with Crippen LogP contribution in [-0.2, 0) is 51.6 Å². The van der Waals surface area contributed by atoms with Crippen molar-refractivity contribution in [1.82, 2.24) is 39.9 Å². The van der Waals surface area contributed by atoms with E-state index in [1.807, 2.05) is 201 Å². The SMILES string of the molecule is COc1ccc(CNc2ncc3c(n2)-c2ccccc2C(c2ccc(F)cc2)C3)cc1.COc1ccc(CNc2ncc3c(n2)-c2ccccc2C(c2ccccc2F)C3)cc1.Oc1ccc(CCNc2ncc3c(n2)-c2ccccc2C(c2ccc(F)cc2)C3)cc1.Oc1ccc(CCNc2ncc3c(n2)-c2ccccc2C(c2ccccc2F)C3)cc1. The number of aromatic hydroxyl groups is 2. The Morgan fingerprint density at radius 1 is 0.298 bits per heavy atom.